The summed E-state index contributed by atoms with van der Waals surface area (Å²) < 4.78 is 38.3. The van der Waals surface area contributed by atoms with Gasteiger partial charge in [-0.3, -0.25) is 0 Å². The smallest absolute Gasteiger partial charge is 0.368 e. The summed E-state index contributed by atoms with van der Waals surface area (Å²) in [6.07, 6.45) is -3.32. The first-order chi connectivity index (χ1) is 11.0. The molecule has 0 amide bonds. The summed E-state index contributed by atoms with van der Waals surface area (Å²) in [6, 6.07) is 8.52. The van der Waals surface area contributed by atoms with Gasteiger partial charge >= 0.3 is 6.18 Å². The van der Waals surface area contributed by atoms with Crippen LogP contribution in [0.1, 0.15) is 5.69 Å². The second-order valence-corrected chi connectivity index (χ2v) is 6.04. The van der Waals surface area contributed by atoms with Crippen molar-refractivity contribution in [1.82, 2.24) is 15.3 Å². The number of nitrogens with one attached hydrogen (secondary N) is 1. The van der Waals surface area contributed by atoms with Crippen molar-refractivity contribution in [3.63, 3.8) is 0 Å². The Morgan fingerprint density at radius 2 is 1.83 bits per heavy atom. The van der Waals surface area contributed by atoms with E-state index in [1.165, 1.54) is 0 Å². The van der Waals surface area contributed by atoms with Crippen LogP contribution in [0.5, 0.6) is 0 Å². The summed E-state index contributed by atoms with van der Waals surface area (Å²) >= 11 is 1.15. The molecule has 1 aliphatic heterocycles. The maximum atomic E-state index is 12.8. The number of halogens is 3. The molecule has 3 rings (SSSR count). The molecule has 0 spiro atoms. The van der Waals surface area contributed by atoms with Crippen molar-refractivity contribution in [3.05, 3.63) is 42.2 Å². The van der Waals surface area contributed by atoms with Crippen molar-refractivity contribution < 1.29 is 13.2 Å². The first-order valence-corrected chi connectivity index (χ1v) is 7.98. The molecule has 2 aromatic rings. The molecule has 23 heavy (non-hydrogen) atoms. The minimum atomic E-state index is -4.46. The van der Waals surface area contributed by atoms with Crippen molar-refractivity contribution in [3.8, 4) is 0 Å². The van der Waals surface area contributed by atoms with Gasteiger partial charge in [0.05, 0.1) is 5.69 Å². The number of para-hydroxylation sites is 1. The van der Waals surface area contributed by atoms with Crippen LogP contribution in [0.3, 0.4) is 0 Å². The molecule has 1 saturated heterocycles. The van der Waals surface area contributed by atoms with Gasteiger partial charge in [-0.2, -0.15) is 13.2 Å². The van der Waals surface area contributed by atoms with Gasteiger partial charge in [0, 0.05) is 37.3 Å². The second kappa shape index (κ2) is 6.76. The minimum Gasteiger partial charge on any atom is -0.368 e. The van der Waals surface area contributed by atoms with Crippen LogP contribution < -0.4 is 10.2 Å². The monoisotopic (exact) mass is 340 g/mol. The third kappa shape index (κ3) is 3.94. The van der Waals surface area contributed by atoms with Crippen LogP contribution in [0.15, 0.2) is 46.6 Å². The highest BCUT2D eigenvalue weighted by atomic mass is 32.2. The van der Waals surface area contributed by atoms with Crippen molar-refractivity contribution in [1.29, 1.82) is 0 Å². The maximum Gasteiger partial charge on any atom is 0.433 e. The van der Waals surface area contributed by atoms with Gasteiger partial charge in [0.1, 0.15) is 5.69 Å². The molecule has 0 aliphatic carbocycles. The summed E-state index contributed by atoms with van der Waals surface area (Å²) in [4.78, 5) is 10.6. The lowest BCUT2D eigenvalue weighted by atomic mass is 10.2. The first-order valence-electron chi connectivity index (χ1n) is 7.17. The normalized spacial score (nSPS) is 15.7. The molecule has 1 N–H and O–H groups in total. The van der Waals surface area contributed by atoms with E-state index >= 15 is 0 Å². The molecule has 0 unspecified atom stereocenters. The van der Waals surface area contributed by atoms with Crippen LogP contribution in [0.4, 0.5) is 18.9 Å². The Morgan fingerprint density at radius 1 is 1.09 bits per heavy atom. The molecule has 4 nitrogen and oxygen atoms in total. The zero-order valence-corrected chi connectivity index (χ0v) is 13.0. The number of aromatic nitrogens is 2. The average molecular weight is 340 g/mol. The molecule has 1 aromatic carbocycles. The van der Waals surface area contributed by atoms with Crippen molar-refractivity contribution in [2.75, 3.05) is 31.1 Å². The van der Waals surface area contributed by atoms with Crippen LogP contribution in [0.2, 0.25) is 0 Å². The standard InChI is InChI=1S/C15H15F3N4S/c16-15(17,18)13-5-6-20-14(21-13)23-12-4-2-1-3-11(12)22-9-7-19-8-10-22/h1-6,19H,7-10H2. The lowest BCUT2D eigenvalue weighted by Gasteiger charge is -2.30. The molecule has 0 bridgehead atoms. The second-order valence-electron chi connectivity index (χ2n) is 5.03. The Balaban J connectivity index is 1.86. The number of rotatable bonds is 3. The van der Waals surface area contributed by atoms with E-state index in [4.69, 9.17) is 0 Å². The largest absolute Gasteiger partial charge is 0.433 e. The molecule has 8 heteroatoms. The fraction of sp³-hybridized carbons (Fsp3) is 0.333. The average Bonchev–Trinajstić information content (AvgIpc) is 2.56. The summed E-state index contributed by atoms with van der Waals surface area (Å²) in [5.41, 5.74) is 0.0784. The zero-order chi connectivity index (χ0) is 16.3. The third-order valence-electron chi connectivity index (χ3n) is 3.45. The van der Waals surface area contributed by atoms with Crippen LogP contribution in [0.25, 0.3) is 0 Å². The van der Waals surface area contributed by atoms with Gasteiger partial charge in [-0.15, -0.1) is 0 Å². The molecule has 1 aromatic heterocycles. The first kappa shape index (κ1) is 16.1. The van der Waals surface area contributed by atoms with E-state index in [2.05, 4.69) is 20.2 Å². The molecular formula is C15H15F3N4S. The van der Waals surface area contributed by atoms with Crippen LogP contribution in [0, 0.1) is 0 Å². The van der Waals surface area contributed by atoms with Gasteiger partial charge in [0.25, 0.3) is 0 Å². The maximum absolute atomic E-state index is 12.8. The van der Waals surface area contributed by atoms with E-state index in [0.29, 0.717) is 0 Å². The summed E-state index contributed by atoms with van der Waals surface area (Å²) in [7, 11) is 0. The van der Waals surface area contributed by atoms with Crippen LogP contribution in [-0.4, -0.2) is 36.1 Å². The van der Waals surface area contributed by atoms with E-state index in [0.717, 1.165) is 60.8 Å². The molecule has 0 radical (unpaired) electrons. The van der Waals surface area contributed by atoms with E-state index < -0.39 is 11.9 Å². The molecule has 0 atom stereocenters. The Kier molecular flexibility index (Phi) is 4.72. The lowest BCUT2D eigenvalue weighted by molar-refractivity contribution is -0.141. The van der Waals surface area contributed by atoms with E-state index in [1.807, 2.05) is 24.3 Å². The van der Waals surface area contributed by atoms with Crippen molar-refractivity contribution in [2.24, 2.45) is 0 Å². The minimum absolute atomic E-state index is 0.0995. The highest BCUT2D eigenvalue weighted by Gasteiger charge is 2.32. The van der Waals surface area contributed by atoms with Gasteiger partial charge in [0.15, 0.2) is 5.16 Å². The van der Waals surface area contributed by atoms with Crippen molar-refractivity contribution >= 4 is 17.4 Å². The number of hydrogen-bond donors (Lipinski definition) is 1. The summed E-state index contributed by atoms with van der Waals surface area (Å²) in [5.74, 6) is 0. The predicted octanol–water partition coefficient (Wildman–Crippen LogP) is 3.06. The molecule has 1 aliphatic rings. The molecule has 1 fully saturated rings. The number of hydrogen-bond acceptors (Lipinski definition) is 5. The summed E-state index contributed by atoms with van der Waals surface area (Å²) in [6.45, 7) is 3.50. The fourth-order valence-corrected chi connectivity index (χ4v) is 3.26. The number of anilines is 1. The third-order valence-corrected chi connectivity index (χ3v) is 4.39. The van der Waals surface area contributed by atoms with Gasteiger partial charge in [0.2, 0.25) is 0 Å². The van der Waals surface area contributed by atoms with Gasteiger partial charge in [-0.1, -0.05) is 12.1 Å². The number of nitrogens with zero attached hydrogens (tertiary/aromatic N) is 3. The topological polar surface area (TPSA) is 41.1 Å². The van der Waals surface area contributed by atoms with Crippen molar-refractivity contribution in [2.45, 2.75) is 16.2 Å². The predicted molar refractivity (Wildman–Crippen MR) is 82.7 cm³/mol. The van der Waals surface area contributed by atoms with Crippen LogP contribution >= 0.6 is 11.8 Å². The Morgan fingerprint density at radius 3 is 2.57 bits per heavy atom. The Labute approximate surface area is 136 Å². The molecule has 0 saturated carbocycles. The van der Waals surface area contributed by atoms with E-state index in [9.17, 15) is 13.2 Å². The molecule has 2 heterocycles. The van der Waals surface area contributed by atoms with E-state index in [1.54, 1.807) is 0 Å². The molecule has 122 valence electrons. The van der Waals surface area contributed by atoms with Gasteiger partial charge in [-0.25, -0.2) is 9.97 Å². The van der Waals surface area contributed by atoms with Gasteiger partial charge < -0.3 is 10.2 Å². The van der Waals surface area contributed by atoms with Crippen LogP contribution in [-0.2, 0) is 6.18 Å². The summed E-state index contributed by atoms with van der Waals surface area (Å²) in [5, 5.41) is 3.38. The Hall–Kier alpha value is -1.80. The number of benzene rings is 1. The zero-order valence-electron chi connectivity index (χ0n) is 12.2. The highest BCUT2D eigenvalue weighted by Crippen LogP contribution is 2.35. The van der Waals surface area contributed by atoms with E-state index in [-0.39, 0.29) is 5.16 Å². The lowest BCUT2D eigenvalue weighted by Crippen LogP contribution is -2.43. The molecular weight excluding hydrogens is 325 g/mol. The number of piperazine rings is 1. The number of alkyl halides is 3. The van der Waals surface area contributed by atoms with Gasteiger partial charge in [-0.05, 0) is 30.0 Å². The fourth-order valence-electron chi connectivity index (χ4n) is 2.36. The quantitative estimate of drug-likeness (QED) is 0.870. The Bertz CT molecular complexity index is 672. The SMILES string of the molecule is FC(F)(F)c1ccnc(Sc2ccccc2N2CCNCC2)n1. The highest BCUT2D eigenvalue weighted by molar-refractivity contribution is 7.99.